The summed E-state index contributed by atoms with van der Waals surface area (Å²) < 4.78 is 24.6. The molecule has 4 aromatic rings. The topological polar surface area (TPSA) is 65.5 Å². The summed E-state index contributed by atoms with van der Waals surface area (Å²) in [7, 11) is 1.54. The molecule has 0 radical (unpaired) electrons. The third kappa shape index (κ3) is 5.00. The van der Waals surface area contributed by atoms with Gasteiger partial charge in [0, 0.05) is 16.5 Å². The predicted molar refractivity (Wildman–Crippen MR) is 141 cm³/mol. The van der Waals surface area contributed by atoms with Gasteiger partial charge in [0.25, 0.3) is 0 Å². The highest BCUT2D eigenvalue weighted by Crippen LogP contribution is 2.36. The van der Waals surface area contributed by atoms with Crippen LogP contribution in [0.4, 0.5) is 4.39 Å². The molecule has 0 atom stereocenters. The van der Waals surface area contributed by atoms with Crippen LogP contribution >= 0.6 is 0 Å². The van der Waals surface area contributed by atoms with E-state index in [-0.39, 0.29) is 18.2 Å². The largest absolute Gasteiger partial charge is 0.496 e. The molecule has 1 heterocycles. The molecule has 0 saturated carbocycles. The van der Waals surface area contributed by atoms with Crippen LogP contribution in [0.1, 0.15) is 62.9 Å². The van der Waals surface area contributed by atoms with Crippen molar-refractivity contribution in [2.24, 2.45) is 0 Å². The Kier molecular flexibility index (Phi) is 6.82. The molecule has 186 valence electrons. The van der Waals surface area contributed by atoms with Crippen molar-refractivity contribution in [1.29, 1.82) is 0 Å². The second-order valence-electron chi connectivity index (χ2n) is 9.06. The fourth-order valence-corrected chi connectivity index (χ4v) is 4.79. The second kappa shape index (κ2) is 10.3. The Bertz CT molecular complexity index is 1540. The zero-order valence-electron chi connectivity index (χ0n) is 20.7. The van der Waals surface area contributed by atoms with E-state index >= 15 is 0 Å². The maximum absolute atomic E-state index is 13.6. The Balaban J connectivity index is 1.55. The Morgan fingerprint density at radius 2 is 1.81 bits per heavy atom. The maximum Gasteiger partial charge on any atom is 0.339 e. The third-order valence-corrected chi connectivity index (χ3v) is 6.63. The van der Waals surface area contributed by atoms with Crippen molar-refractivity contribution in [3.05, 3.63) is 106 Å². The number of rotatable bonds is 6. The van der Waals surface area contributed by atoms with E-state index in [1.165, 1.54) is 26.2 Å². The number of Topliss-reactive ketones (excluding diaryl/α,β-unsaturated/α-hetero) is 1. The van der Waals surface area contributed by atoms with E-state index in [0.717, 1.165) is 40.6 Å². The minimum absolute atomic E-state index is 0.0349. The van der Waals surface area contributed by atoms with Crippen molar-refractivity contribution in [1.82, 2.24) is 4.98 Å². The Hall–Kier alpha value is -4.32. The smallest absolute Gasteiger partial charge is 0.339 e. The predicted octanol–water partition coefficient (Wildman–Crippen LogP) is 6.82. The number of fused-ring (bicyclic) bond motifs is 2. The molecule has 0 amide bonds. The first-order valence-corrected chi connectivity index (χ1v) is 12.2. The van der Waals surface area contributed by atoms with Gasteiger partial charge in [-0.3, -0.25) is 4.79 Å². The Morgan fingerprint density at radius 3 is 2.57 bits per heavy atom. The number of halogens is 1. The lowest BCUT2D eigenvalue weighted by atomic mass is 9.86. The van der Waals surface area contributed by atoms with Gasteiger partial charge >= 0.3 is 5.97 Å². The second-order valence-corrected chi connectivity index (χ2v) is 9.06. The number of hydrogen-bond donors (Lipinski definition) is 0. The quantitative estimate of drug-likeness (QED) is 0.217. The van der Waals surface area contributed by atoms with E-state index in [9.17, 15) is 14.0 Å². The monoisotopic (exact) mass is 495 g/mol. The number of benzene rings is 3. The summed E-state index contributed by atoms with van der Waals surface area (Å²) >= 11 is 0. The number of carbonyl (C=O) groups excluding carboxylic acids is 2. The fourth-order valence-electron chi connectivity index (χ4n) is 4.79. The van der Waals surface area contributed by atoms with E-state index in [0.29, 0.717) is 34.4 Å². The first kappa shape index (κ1) is 24.4. The molecule has 0 fully saturated rings. The van der Waals surface area contributed by atoms with Crippen LogP contribution in [-0.4, -0.2) is 23.8 Å². The van der Waals surface area contributed by atoms with Gasteiger partial charge in [-0.2, -0.15) is 0 Å². The molecule has 3 aromatic carbocycles. The molecule has 0 spiro atoms. The Labute approximate surface area is 214 Å². The van der Waals surface area contributed by atoms with Crippen molar-refractivity contribution in [2.75, 3.05) is 7.11 Å². The highest BCUT2D eigenvalue weighted by Gasteiger charge is 2.26. The molecular formula is C31H26FNO4. The molecule has 37 heavy (non-hydrogen) atoms. The van der Waals surface area contributed by atoms with Gasteiger partial charge in [0.15, 0.2) is 5.78 Å². The van der Waals surface area contributed by atoms with Gasteiger partial charge in [0.2, 0.25) is 0 Å². The number of ketones is 1. The van der Waals surface area contributed by atoms with Crippen LogP contribution in [0.25, 0.3) is 22.6 Å². The number of carbonyl (C=O) groups is 2. The number of allylic oxidation sites excluding steroid dienone is 1. The fraction of sp³-hybridized carbons (Fsp3) is 0.194. The summed E-state index contributed by atoms with van der Waals surface area (Å²) in [6, 6.07) is 19.0. The summed E-state index contributed by atoms with van der Waals surface area (Å²) in [5.41, 5.74) is 5.86. The van der Waals surface area contributed by atoms with Crippen LogP contribution in [0.3, 0.4) is 0 Å². The average molecular weight is 496 g/mol. The van der Waals surface area contributed by atoms with Crippen LogP contribution in [0, 0.1) is 5.82 Å². The highest BCUT2D eigenvalue weighted by molar-refractivity contribution is 6.06. The molecule has 0 saturated heterocycles. The third-order valence-electron chi connectivity index (χ3n) is 6.63. The van der Waals surface area contributed by atoms with Gasteiger partial charge in [-0.1, -0.05) is 30.3 Å². The lowest BCUT2D eigenvalue weighted by molar-refractivity contribution is 0.0471. The van der Waals surface area contributed by atoms with Crippen LogP contribution in [0.15, 0.2) is 66.7 Å². The van der Waals surface area contributed by atoms with E-state index in [1.807, 2.05) is 30.3 Å². The number of esters is 1. The minimum atomic E-state index is -0.451. The summed E-state index contributed by atoms with van der Waals surface area (Å²) in [5.74, 6) is -0.271. The van der Waals surface area contributed by atoms with Gasteiger partial charge in [0.05, 0.1) is 23.9 Å². The Morgan fingerprint density at radius 1 is 1.03 bits per heavy atom. The van der Waals surface area contributed by atoms with Crippen molar-refractivity contribution < 1.29 is 23.5 Å². The summed E-state index contributed by atoms with van der Waals surface area (Å²) in [6.07, 6.45) is 4.36. The van der Waals surface area contributed by atoms with E-state index in [2.05, 4.69) is 0 Å². The number of hydrogen-bond acceptors (Lipinski definition) is 5. The van der Waals surface area contributed by atoms with Gasteiger partial charge in [0.1, 0.15) is 18.2 Å². The number of ether oxygens (including phenoxy) is 2. The van der Waals surface area contributed by atoms with Crippen molar-refractivity contribution >= 4 is 34.3 Å². The first-order valence-electron chi connectivity index (χ1n) is 12.2. The summed E-state index contributed by atoms with van der Waals surface area (Å²) in [6.45, 7) is 1.46. The number of nitrogens with zero attached hydrogens (tertiary/aromatic N) is 1. The van der Waals surface area contributed by atoms with Crippen molar-refractivity contribution in [3.63, 3.8) is 0 Å². The lowest BCUT2D eigenvalue weighted by Gasteiger charge is -2.22. The standard InChI is InChI=1S/C31H26FNO4/c1-19(34)21-12-15-28(36-2)23(17-21)18-37-31(35)29-25-7-3-4-9-27(25)33-30-22(6-5-8-26(29)30)16-20-10-13-24(32)14-11-20/h3-4,7,9-17H,5-6,8,18H2,1-2H3. The van der Waals surface area contributed by atoms with Crippen LogP contribution in [0.5, 0.6) is 5.75 Å². The van der Waals surface area contributed by atoms with Crippen LogP contribution < -0.4 is 4.74 Å². The average Bonchev–Trinajstić information content (AvgIpc) is 2.91. The minimum Gasteiger partial charge on any atom is -0.496 e. The normalized spacial score (nSPS) is 13.9. The zero-order chi connectivity index (χ0) is 25.9. The van der Waals surface area contributed by atoms with Gasteiger partial charge in [-0.25, -0.2) is 14.2 Å². The SMILES string of the molecule is COc1ccc(C(C)=O)cc1COC(=O)c1c2c(nc3ccccc13)C(=Cc1ccc(F)cc1)CCC2. The number of para-hydroxylation sites is 1. The molecule has 1 aliphatic carbocycles. The van der Waals surface area contributed by atoms with Crippen molar-refractivity contribution in [2.45, 2.75) is 32.8 Å². The highest BCUT2D eigenvalue weighted by atomic mass is 19.1. The molecule has 0 aliphatic heterocycles. The van der Waals surface area contributed by atoms with Gasteiger partial charge in [-0.15, -0.1) is 0 Å². The molecule has 5 rings (SSSR count). The lowest BCUT2D eigenvalue weighted by Crippen LogP contribution is -2.15. The summed E-state index contributed by atoms with van der Waals surface area (Å²) in [5, 5.41) is 0.735. The van der Waals surface area contributed by atoms with E-state index < -0.39 is 5.97 Å². The number of pyridine rings is 1. The van der Waals surface area contributed by atoms with Crippen LogP contribution in [0.2, 0.25) is 0 Å². The molecule has 1 aliphatic rings. The molecule has 1 aromatic heterocycles. The van der Waals surface area contributed by atoms with Crippen LogP contribution in [-0.2, 0) is 17.8 Å². The molecular weight excluding hydrogens is 469 g/mol. The first-order chi connectivity index (χ1) is 17.9. The molecule has 6 heteroatoms. The molecule has 0 N–H and O–H groups in total. The molecule has 0 unspecified atom stereocenters. The maximum atomic E-state index is 13.6. The van der Waals surface area contributed by atoms with E-state index in [4.69, 9.17) is 14.5 Å². The summed E-state index contributed by atoms with van der Waals surface area (Å²) in [4.78, 5) is 30.4. The molecule has 5 nitrogen and oxygen atoms in total. The zero-order valence-corrected chi connectivity index (χ0v) is 20.7. The number of aromatic nitrogens is 1. The number of methoxy groups -OCH3 is 1. The van der Waals surface area contributed by atoms with Gasteiger partial charge < -0.3 is 9.47 Å². The van der Waals surface area contributed by atoms with E-state index in [1.54, 1.807) is 30.3 Å². The van der Waals surface area contributed by atoms with Gasteiger partial charge in [-0.05, 0) is 85.4 Å². The van der Waals surface area contributed by atoms with Crippen molar-refractivity contribution in [3.8, 4) is 5.75 Å². The molecule has 0 bridgehead atoms.